The number of aliphatic hydroxyl groups is 1. The summed E-state index contributed by atoms with van der Waals surface area (Å²) in [4.78, 5) is 45.8. The molecule has 0 fully saturated rings. The van der Waals surface area contributed by atoms with Gasteiger partial charge in [0.25, 0.3) is 0 Å². The highest BCUT2D eigenvalue weighted by molar-refractivity contribution is 7.47. The van der Waals surface area contributed by atoms with Crippen molar-refractivity contribution < 1.29 is 47.8 Å². The molecule has 0 aliphatic carbocycles. The Bertz CT molecular complexity index is 1240. The molecule has 4 N–H and O–H groups in total. The van der Waals surface area contributed by atoms with Crippen LogP contribution >= 0.6 is 7.82 Å². The van der Waals surface area contributed by atoms with Gasteiger partial charge >= 0.3 is 19.8 Å². The van der Waals surface area contributed by atoms with Gasteiger partial charge in [-0.2, -0.15) is 0 Å². The number of carbonyl (C=O) groups excluding carboxylic acids is 2. The second kappa shape index (κ2) is 39.7. The minimum absolute atomic E-state index is 0.128. The third kappa shape index (κ3) is 39.5. The molecule has 3 unspecified atom stereocenters. The average molecular weight is 822 g/mol. The molecule has 0 aliphatic heterocycles. The van der Waals surface area contributed by atoms with Crippen molar-refractivity contribution in [2.75, 3.05) is 19.8 Å². The Balaban J connectivity index is 3.94. The van der Waals surface area contributed by atoms with Gasteiger partial charge < -0.3 is 25.2 Å². The second-order valence-corrected chi connectivity index (χ2v) is 15.6. The SMILES string of the molecule is CC/C=C\C/C=C\C/C=C\C/C=C\C/C=C\CCCCCCCCCC(=O)NC(COP(=O)(O)OCC(O)COC(=O)CCCCCCC/C=C\CCC)C(=O)O. The topological polar surface area (TPSA) is 169 Å². The molecule has 0 spiro atoms. The van der Waals surface area contributed by atoms with Crippen LogP contribution in [0.3, 0.4) is 0 Å². The van der Waals surface area contributed by atoms with E-state index in [-0.39, 0.29) is 12.8 Å². The number of allylic oxidation sites excluding steroid dienone is 12. The number of ether oxygens (including phenoxy) is 1. The number of unbranched alkanes of at least 4 members (excludes halogenated alkanes) is 13. The first-order valence-corrected chi connectivity index (χ1v) is 23.0. The van der Waals surface area contributed by atoms with E-state index in [1.54, 1.807) is 0 Å². The molecule has 326 valence electrons. The second-order valence-electron chi connectivity index (χ2n) is 14.1. The van der Waals surface area contributed by atoms with Crippen molar-refractivity contribution in [3.8, 4) is 0 Å². The van der Waals surface area contributed by atoms with Crippen molar-refractivity contribution in [1.82, 2.24) is 5.32 Å². The van der Waals surface area contributed by atoms with Gasteiger partial charge in [0.1, 0.15) is 12.7 Å². The molecule has 0 aromatic rings. The number of amides is 1. The smallest absolute Gasteiger partial charge is 0.472 e. The molecule has 57 heavy (non-hydrogen) atoms. The molecule has 0 aromatic carbocycles. The van der Waals surface area contributed by atoms with Crippen LogP contribution in [0.5, 0.6) is 0 Å². The molecule has 0 radical (unpaired) electrons. The number of nitrogens with one attached hydrogen (secondary N) is 1. The number of rotatable bonds is 39. The highest BCUT2D eigenvalue weighted by Crippen LogP contribution is 2.43. The summed E-state index contributed by atoms with van der Waals surface area (Å²) in [5, 5.41) is 21.8. The van der Waals surface area contributed by atoms with Crippen molar-refractivity contribution >= 4 is 25.7 Å². The number of esters is 1. The number of aliphatic carboxylic acids is 1. The van der Waals surface area contributed by atoms with Gasteiger partial charge in [-0.15, -0.1) is 0 Å². The third-order valence-corrected chi connectivity index (χ3v) is 9.66. The number of phosphoric ester groups is 1. The van der Waals surface area contributed by atoms with Crippen LogP contribution in [0.2, 0.25) is 0 Å². The lowest BCUT2D eigenvalue weighted by molar-refractivity contribution is -0.147. The van der Waals surface area contributed by atoms with Crippen LogP contribution < -0.4 is 5.32 Å². The highest BCUT2D eigenvalue weighted by Gasteiger charge is 2.28. The monoisotopic (exact) mass is 822 g/mol. The van der Waals surface area contributed by atoms with Crippen LogP contribution in [0.15, 0.2) is 72.9 Å². The summed E-state index contributed by atoms with van der Waals surface area (Å²) in [7, 11) is -4.76. The van der Waals surface area contributed by atoms with E-state index in [2.05, 4.69) is 92.1 Å². The first-order valence-electron chi connectivity index (χ1n) is 21.5. The fraction of sp³-hybridized carbons (Fsp3) is 0.667. The van der Waals surface area contributed by atoms with Crippen LogP contribution in [-0.2, 0) is 32.7 Å². The number of carboxylic acids is 1. The Kier molecular flexibility index (Phi) is 37.6. The Hall–Kier alpha value is -3.08. The van der Waals surface area contributed by atoms with E-state index in [9.17, 15) is 34.1 Å². The lowest BCUT2D eigenvalue weighted by Gasteiger charge is -2.18. The van der Waals surface area contributed by atoms with Crippen molar-refractivity contribution in [2.24, 2.45) is 0 Å². The zero-order valence-electron chi connectivity index (χ0n) is 35.1. The summed E-state index contributed by atoms with van der Waals surface area (Å²) >= 11 is 0. The summed E-state index contributed by atoms with van der Waals surface area (Å²) in [6, 6.07) is -1.56. The summed E-state index contributed by atoms with van der Waals surface area (Å²) < 4.78 is 26.7. The lowest BCUT2D eigenvalue weighted by atomic mass is 10.1. The number of carbonyl (C=O) groups is 3. The first kappa shape index (κ1) is 53.9. The van der Waals surface area contributed by atoms with E-state index in [1.807, 2.05) is 0 Å². The minimum atomic E-state index is -4.76. The maximum atomic E-state index is 12.3. The minimum Gasteiger partial charge on any atom is -0.480 e. The van der Waals surface area contributed by atoms with Crippen LogP contribution in [0, 0.1) is 0 Å². The van der Waals surface area contributed by atoms with Crippen molar-refractivity contribution in [3.63, 3.8) is 0 Å². The molecule has 0 aliphatic rings. The maximum absolute atomic E-state index is 12.3. The third-order valence-electron chi connectivity index (χ3n) is 8.71. The molecule has 0 rings (SSSR count). The van der Waals surface area contributed by atoms with Gasteiger partial charge in [-0.1, -0.05) is 145 Å². The zero-order valence-corrected chi connectivity index (χ0v) is 36.0. The molecule has 0 heterocycles. The largest absolute Gasteiger partial charge is 0.480 e. The van der Waals surface area contributed by atoms with E-state index in [0.717, 1.165) is 122 Å². The quantitative estimate of drug-likeness (QED) is 0.0203. The predicted octanol–water partition coefficient (Wildman–Crippen LogP) is 10.9. The van der Waals surface area contributed by atoms with Gasteiger partial charge in [0.2, 0.25) is 5.91 Å². The van der Waals surface area contributed by atoms with Crippen molar-refractivity contribution in [3.05, 3.63) is 72.9 Å². The predicted molar refractivity (Wildman–Crippen MR) is 231 cm³/mol. The van der Waals surface area contributed by atoms with E-state index in [4.69, 9.17) is 13.8 Å². The normalized spacial score (nSPS) is 14.5. The molecule has 0 bridgehead atoms. The van der Waals surface area contributed by atoms with E-state index in [1.165, 1.54) is 0 Å². The molecule has 0 aromatic heterocycles. The van der Waals surface area contributed by atoms with Gasteiger partial charge in [0.15, 0.2) is 6.04 Å². The van der Waals surface area contributed by atoms with Crippen molar-refractivity contribution in [2.45, 2.75) is 174 Å². The van der Waals surface area contributed by atoms with Crippen LogP contribution in [0.1, 0.15) is 162 Å². The Morgan fingerprint density at radius 1 is 0.579 bits per heavy atom. The van der Waals surface area contributed by atoms with Gasteiger partial charge in [0.05, 0.1) is 13.2 Å². The van der Waals surface area contributed by atoms with E-state index < -0.39 is 57.6 Å². The standard InChI is InChI=1S/C45H76NO10P/c1-3-5-7-9-11-13-15-16-17-18-19-20-21-22-23-24-25-26-27-28-30-32-34-36-43(48)46-42(45(50)51)40-56-57(52,53)55-39-41(47)38-54-44(49)37-35-33-31-29-14-12-10-8-6-4-2/h5,7-8,10-11,13,16-17,19-20,22-23,41-42,47H,3-4,6,9,12,14-15,18,21,24-40H2,1-2H3,(H,46,48)(H,50,51)(H,52,53)/b7-5-,10-8-,13-11-,17-16-,20-19-,23-22-. The summed E-state index contributed by atoms with van der Waals surface area (Å²) in [6.07, 6.45) is 46.5. The number of aliphatic hydroxyl groups excluding tert-OH is 1. The molecule has 12 heteroatoms. The molecule has 1 amide bonds. The van der Waals surface area contributed by atoms with Crippen LogP contribution in [0.4, 0.5) is 0 Å². The molecule has 0 saturated carbocycles. The Morgan fingerprint density at radius 2 is 1.02 bits per heavy atom. The van der Waals surface area contributed by atoms with E-state index >= 15 is 0 Å². The van der Waals surface area contributed by atoms with Gasteiger partial charge in [0, 0.05) is 12.8 Å². The molecule has 11 nitrogen and oxygen atoms in total. The fourth-order valence-electron chi connectivity index (χ4n) is 5.40. The average Bonchev–Trinajstić information content (AvgIpc) is 3.18. The Labute approximate surface area is 344 Å². The summed E-state index contributed by atoms with van der Waals surface area (Å²) in [5.74, 6) is -2.41. The Morgan fingerprint density at radius 3 is 1.54 bits per heavy atom. The van der Waals surface area contributed by atoms with Crippen LogP contribution in [0.25, 0.3) is 0 Å². The number of carboxylic acid groups (broad SMARTS) is 1. The first-order chi connectivity index (χ1) is 27.6. The summed E-state index contributed by atoms with van der Waals surface area (Å²) in [5.41, 5.74) is 0. The fourth-order valence-corrected chi connectivity index (χ4v) is 6.17. The number of phosphoric acid groups is 1. The molecular formula is C45H76NO10P. The van der Waals surface area contributed by atoms with Gasteiger partial charge in [-0.25, -0.2) is 9.36 Å². The van der Waals surface area contributed by atoms with Gasteiger partial charge in [-0.3, -0.25) is 18.6 Å². The molecule has 0 saturated heterocycles. The lowest BCUT2D eigenvalue weighted by Crippen LogP contribution is -2.43. The highest BCUT2D eigenvalue weighted by atomic mass is 31.2. The van der Waals surface area contributed by atoms with Crippen molar-refractivity contribution in [1.29, 1.82) is 0 Å². The molecular weight excluding hydrogens is 745 g/mol. The van der Waals surface area contributed by atoms with Gasteiger partial charge in [-0.05, 0) is 77.0 Å². The number of hydrogen-bond acceptors (Lipinski definition) is 8. The maximum Gasteiger partial charge on any atom is 0.472 e. The van der Waals surface area contributed by atoms with E-state index in [0.29, 0.717) is 12.8 Å². The molecule has 3 atom stereocenters. The number of hydrogen-bond donors (Lipinski definition) is 4. The summed E-state index contributed by atoms with van der Waals surface area (Å²) in [6.45, 7) is 2.38. The zero-order chi connectivity index (χ0) is 42.1. The van der Waals surface area contributed by atoms with Crippen LogP contribution in [-0.4, -0.2) is 64.9 Å².